The van der Waals surface area contributed by atoms with Crippen molar-refractivity contribution in [2.45, 2.75) is 31.7 Å². The first-order valence-electron chi connectivity index (χ1n) is 5.88. The molecule has 104 valence electrons. The molecule has 0 radical (unpaired) electrons. The van der Waals surface area contributed by atoms with E-state index in [4.69, 9.17) is 4.74 Å². The third-order valence-electron chi connectivity index (χ3n) is 3.24. The highest BCUT2D eigenvalue weighted by Gasteiger charge is 2.50. The molecular weight excluding hydrogens is 317 g/mol. The summed E-state index contributed by atoms with van der Waals surface area (Å²) < 4.78 is 19.9. The average molecular weight is 332 g/mol. The minimum Gasteiger partial charge on any atom is -0.465 e. The number of alkyl halides is 1. The van der Waals surface area contributed by atoms with Gasteiger partial charge in [0.15, 0.2) is 0 Å². The molecule has 0 aliphatic carbocycles. The van der Waals surface area contributed by atoms with E-state index >= 15 is 0 Å². The Morgan fingerprint density at radius 1 is 1.47 bits per heavy atom. The second kappa shape index (κ2) is 5.09. The summed E-state index contributed by atoms with van der Waals surface area (Å²) in [6, 6.07) is 6.43. The van der Waals surface area contributed by atoms with Gasteiger partial charge in [0.05, 0.1) is 6.04 Å². The van der Waals surface area contributed by atoms with Gasteiger partial charge in [-0.2, -0.15) is 0 Å². The Hall–Kier alpha value is -1.14. The second-order valence-electron chi connectivity index (χ2n) is 4.91. The number of amides is 1. The third-order valence-corrected chi connectivity index (χ3v) is 3.77. The topological polar surface area (TPSA) is 49.8 Å². The van der Waals surface area contributed by atoms with Crippen LogP contribution in [0.25, 0.3) is 0 Å². The molecule has 0 unspecified atom stereocenters. The van der Waals surface area contributed by atoms with Gasteiger partial charge in [0.25, 0.3) is 0 Å². The standard InChI is InChI=1S/C13H15BrFNO3/c1-13(2)16(12(17)18)10(7-15)11(19-13)8-3-5-9(14)6-4-8/h3-6,10-11H,7H2,1-2H3,(H,17,18)/t10-,11-/m1/s1. The summed E-state index contributed by atoms with van der Waals surface area (Å²) in [5.41, 5.74) is -0.275. The Bertz CT molecular complexity index is 477. The highest BCUT2D eigenvalue weighted by atomic mass is 79.9. The fourth-order valence-corrected chi connectivity index (χ4v) is 2.71. The van der Waals surface area contributed by atoms with Crippen LogP contribution in [0.1, 0.15) is 25.5 Å². The molecule has 2 rings (SSSR count). The van der Waals surface area contributed by atoms with Crippen LogP contribution >= 0.6 is 15.9 Å². The van der Waals surface area contributed by atoms with E-state index in [-0.39, 0.29) is 0 Å². The molecule has 1 amide bonds. The largest absolute Gasteiger partial charge is 0.465 e. The highest BCUT2D eigenvalue weighted by molar-refractivity contribution is 9.10. The van der Waals surface area contributed by atoms with Gasteiger partial charge in [-0.3, -0.25) is 4.90 Å². The van der Waals surface area contributed by atoms with Crippen molar-refractivity contribution in [2.75, 3.05) is 6.67 Å². The number of benzene rings is 1. The van der Waals surface area contributed by atoms with Crippen molar-refractivity contribution in [3.05, 3.63) is 34.3 Å². The number of ether oxygens (including phenoxy) is 1. The molecule has 1 fully saturated rings. The van der Waals surface area contributed by atoms with Crippen LogP contribution in [0.4, 0.5) is 9.18 Å². The van der Waals surface area contributed by atoms with Gasteiger partial charge < -0.3 is 9.84 Å². The van der Waals surface area contributed by atoms with Crippen molar-refractivity contribution in [3.63, 3.8) is 0 Å². The summed E-state index contributed by atoms with van der Waals surface area (Å²) >= 11 is 3.32. The fraction of sp³-hybridized carbons (Fsp3) is 0.462. The lowest BCUT2D eigenvalue weighted by Gasteiger charge is -2.29. The van der Waals surface area contributed by atoms with Crippen LogP contribution in [0.2, 0.25) is 0 Å². The minimum atomic E-state index is -1.17. The molecular formula is C13H15BrFNO3. The summed E-state index contributed by atoms with van der Waals surface area (Å²) in [5, 5.41) is 9.23. The number of hydrogen-bond acceptors (Lipinski definition) is 2. The normalized spacial score (nSPS) is 25.6. The first-order chi connectivity index (χ1) is 8.86. The van der Waals surface area contributed by atoms with Crippen molar-refractivity contribution >= 4 is 22.0 Å². The van der Waals surface area contributed by atoms with Gasteiger partial charge in [-0.15, -0.1) is 0 Å². The summed E-state index contributed by atoms with van der Waals surface area (Å²) in [5.74, 6) is 0. The van der Waals surface area contributed by atoms with E-state index in [1.54, 1.807) is 26.0 Å². The van der Waals surface area contributed by atoms with Gasteiger partial charge in [-0.05, 0) is 31.5 Å². The Morgan fingerprint density at radius 3 is 2.53 bits per heavy atom. The number of halogens is 2. The molecule has 2 atom stereocenters. The van der Waals surface area contributed by atoms with Crippen LogP contribution in [-0.2, 0) is 4.74 Å². The van der Waals surface area contributed by atoms with Gasteiger partial charge in [0.2, 0.25) is 0 Å². The summed E-state index contributed by atoms with van der Waals surface area (Å²) in [4.78, 5) is 12.3. The number of hydrogen-bond donors (Lipinski definition) is 1. The van der Waals surface area contributed by atoms with Crippen molar-refractivity contribution in [2.24, 2.45) is 0 Å². The van der Waals surface area contributed by atoms with Crippen LogP contribution in [0.3, 0.4) is 0 Å². The van der Waals surface area contributed by atoms with Crippen molar-refractivity contribution in [1.29, 1.82) is 0 Å². The zero-order valence-corrected chi connectivity index (χ0v) is 12.2. The second-order valence-corrected chi connectivity index (χ2v) is 5.83. The van der Waals surface area contributed by atoms with Crippen LogP contribution in [0, 0.1) is 0 Å². The third kappa shape index (κ3) is 2.60. The van der Waals surface area contributed by atoms with Gasteiger partial charge in [0, 0.05) is 4.47 Å². The lowest BCUT2D eigenvalue weighted by molar-refractivity contribution is -0.0674. The van der Waals surface area contributed by atoms with Crippen LogP contribution in [-0.4, -0.2) is 34.5 Å². The Balaban J connectivity index is 2.36. The summed E-state index contributed by atoms with van der Waals surface area (Å²) in [6.07, 6.45) is -1.77. The van der Waals surface area contributed by atoms with Crippen molar-refractivity contribution in [3.8, 4) is 0 Å². The molecule has 0 aromatic heterocycles. The molecule has 1 N–H and O–H groups in total. The van der Waals surface area contributed by atoms with Gasteiger partial charge in [0.1, 0.15) is 18.5 Å². The molecule has 1 heterocycles. The minimum absolute atomic E-state index is 0.593. The Kier molecular flexibility index (Phi) is 3.82. The highest BCUT2D eigenvalue weighted by Crippen LogP contribution is 2.41. The molecule has 0 spiro atoms. The van der Waals surface area contributed by atoms with Crippen LogP contribution < -0.4 is 0 Å². The molecule has 19 heavy (non-hydrogen) atoms. The van der Waals surface area contributed by atoms with E-state index in [9.17, 15) is 14.3 Å². The van der Waals surface area contributed by atoms with E-state index in [0.29, 0.717) is 0 Å². The molecule has 1 aliphatic rings. The monoisotopic (exact) mass is 331 g/mol. The smallest absolute Gasteiger partial charge is 0.410 e. The maximum Gasteiger partial charge on any atom is 0.410 e. The van der Waals surface area contributed by atoms with Gasteiger partial charge in [-0.1, -0.05) is 28.1 Å². The number of rotatable bonds is 2. The average Bonchev–Trinajstić information content (AvgIpc) is 2.61. The quantitative estimate of drug-likeness (QED) is 0.901. The Morgan fingerprint density at radius 2 is 2.05 bits per heavy atom. The van der Waals surface area contributed by atoms with Crippen molar-refractivity contribution < 1.29 is 19.0 Å². The first-order valence-corrected chi connectivity index (χ1v) is 6.67. The number of carbonyl (C=O) groups is 1. The van der Waals surface area contributed by atoms with Crippen LogP contribution in [0.5, 0.6) is 0 Å². The zero-order valence-electron chi connectivity index (χ0n) is 10.6. The van der Waals surface area contributed by atoms with E-state index < -0.39 is 30.6 Å². The van der Waals surface area contributed by atoms with E-state index in [1.165, 1.54) is 0 Å². The molecule has 6 heteroatoms. The van der Waals surface area contributed by atoms with Crippen molar-refractivity contribution in [1.82, 2.24) is 4.90 Å². The SMILES string of the molecule is CC1(C)O[C@H](c2ccc(Br)cc2)[C@@H](CF)N1C(=O)O. The van der Waals surface area contributed by atoms with Gasteiger partial charge in [-0.25, -0.2) is 9.18 Å². The molecule has 0 saturated carbocycles. The zero-order chi connectivity index (χ0) is 14.2. The molecule has 4 nitrogen and oxygen atoms in total. The maximum atomic E-state index is 13.3. The van der Waals surface area contributed by atoms with Crippen LogP contribution in [0.15, 0.2) is 28.7 Å². The summed E-state index contributed by atoms with van der Waals surface area (Å²) in [6.45, 7) is 2.47. The summed E-state index contributed by atoms with van der Waals surface area (Å²) in [7, 11) is 0. The molecule has 1 aliphatic heterocycles. The fourth-order valence-electron chi connectivity index (χ4n) is 2.45. The predicted molar refractivity (Wildman–Crippen MR) is 71.7 cm³/mol. The Labute approximate surface area is 119 Å². The molecule has 1 aromatic carbocycles. The molecule has 1 saturated heterocycles. The lowest BCUT2D eigenvalue weighted by atomic mass is 10.0. The lowest BCUT2D eigenvalue weighted by Crippen LogP contribution is -2.48. The first kappa shape index (κ1) is 14.3. The maximum absolute atomic E-state index is 13.3. The van der Waals surface area contributed by atoms with E-state index in [1.807, 2.05) is 12.1 Å². The van der Waals surface area contributed by atoms with Gasteiger partial charge >= 0.3 is 6.09 Å². The van der Waals surface area contributed by atoms with E-state index in [0.717, 1.165) is 14.9 Å². The predicted octanol–water partition coefficient (Wildman–Crippen LogP) is 3.57. The molecule has 0 bridgehead atoms. The van der Waals surface area contributed by atoms with E-state index in [2.05, 4.69) is 15.9 Å². The number of carboxylic acid groups (broad SMARTS) is 1. The number of nitrogens with zero attached hydrogens (tertiary/aromatic N) is 1. The molecule has 1 aromatic rings.